The fourth-order valence-corrected chi connectivity index (χ4v) is 3.81. The van der Waals surface area contributed by atoms with E-state index in [1.807, 2.05) is 35.2 Å². The van der Waals surface area contributed by atoms with E-state index < -0.39 is 0 Å². The Kier molecular flexibility index (Phi) is 7.31. The Morgan fingerprint density at radius 3 is 2.64 bits per heavy atom. The summed E-state index contributed by atoms with van der Waals surface area (Å²) in [4.78, 5) is 26.9. The molecule has 1 atom stereocenters. The van der Waals surface area contributed by atoms with E-state index in [2.05, 4.69) is 10.6 Å². The van der Waals surface area contributed by atoms with E-state index in [0.717, 1.165) is 19.4 Å². The van der Waals surface area contributed by atoms with E-state index in [0.29, 0.717) is 28.7 Å². The Morgan fingerprint density at radius 1 is 1.11 bits per heavy atom. The molecule has 148 valence electrons. The van der Waals surface area contributed by atoms with Crippen molar-refractivity contribution in [2.45, 2.75) is 25.3 Å². The minimum atomic E-state index is -0.341. The fraction of sp³-hybridized carbons (Fsp3) is 0.333. The lowest BCUT2D eigenvalue weighted by molar-refractivity contribution is -0.124. The van der Waals surface area contributed by atoms with E-state index in [9.17, 15) is 9.59 Å². The van der Waals surface area contributed by atoms with Crippen molar-refractivity contribution in [2.24, 2.45) is 0 Å². The van der Waals surface area contributed by atoms with Crippen LogP contribution in [-0.4, -0.2) is 42.4 Å². The van der Waals surface area contributed by atoms with Gasteiger partial charge in [0.25, 0.3) is 0 Å². The molecule has 28 heavy (non-hydrogen) atoms. The Hall–Kier alpha value is -2.08. The summed E-state index contributed by atoms with van der Waals surface area (Å²) in [6.45, 7) is 1.51. The van der Waals surface area contributed by atoms with Crippen LogP contribution in [0.25, 0.3) is 0 Å². The molecular weight excluding hydrogens is 397 g/mol. The summed E-state index contributed by atoms with van der Waals surface area (Å²) in [7, 11) is 0. The quantitative estimate of drug-likeness (QED) is 0.717. The lowest BCUT2D eigenvalue weighted by Crippen LogP contribution is -2.45. The van der Waals surface area contributed by atoms with Gasteiger partial charge in [0, 0.05) is 11.6 Å². The first-order valence-corrected chi connectivity index (χ1v) is 10.1. The van der Waals surface area contributed by atoms with Crippen molar-refractivity contribution in [3.63, 3.8) is 0 Å². The molecule has 5 nitrogen and oxygen atoms in total. The third-order valence-electron chi connectivity index (χ3n) is 4.78. The van der Waals surface area contributed by atoms with Crippen LogP contribution >= 0.6 is 23.2 Å². The van der Waals surface area contributed by atoms with Crippen molar-refractivity contribution in [3.8, 4) is 0 Å². The van der Waals surface area contributed by atoms with Gasteiger partial charge in [-0.2, -0.15) is 0 Å². The van der Waals surface area contributed by atoms with Crippen LogP contribution in [0.5, 0.6) is 0 Å². The zero-order valence-corrected chi connectivity index (χ0v) is 17.0. The van der Waals surface area contributed by atoms with E-state index in [1.165, 1.54) is 5.56 Å². The highest BCUT2D eigenvalue weighted by molar-refractivity contribution is 6.36. The zero-order valence-electron chi connectivity index (χ0n) is 15.5. The van der Waals surface area contributed by atoms with Crippen molar-refractivity contribution in [1.82, 2.24) is 10.2 Å². The topological polar surface area (TPSA) is 61.4 Å². The van der Waals surface area contributed by atoms with Gasteiger partial charge in [-0.3, -0.25) is 14.5 Å². The number of halogens is 2. The SMILES string of the molecule is O=C(CN1CCCC1C(=O)Nc1ccc(Cl)cc1Cl)NCCc1ccccc1. The summed E-state index contributed by atoms with van der Waals surface area (Å²) in [5.41, 5.74) is 1.70. The number of hydrogen-bond acceptors (Lipinski definition) is 3. The second kappa shape index (κ2) is 9.92. The highest BCUT2D eigenvalue weighted by Crippen LogP contribution is 2.26. The summed E-state index contributed by atoms with van der Waals surface area (Å²) in [6, 6.07) is 14.6. The number of benzene rings is 2. The third kappa shape index (κ3) is 5.71. The summed E-state index contributed by atoms with van der Waals surface area (Å²) >= 11 is 12.0. The predicted octanol–water partition coefficient (Wildman–Crippen LogP) is 3.76. The molecule has 2 aromatic carbocycles. The van der Waals surface area contributed by atoms with E-state index >= 15 is 0 Å². The molecule has 2 amide bonds. The molecule has 1 saturated heterocycles. The monoisotopic (exact) mass is 419 g/mol. The molecule has 1 aliphatic heterocycles. The molecule has 0 bridgehead atoms. The van der Waals surface area contributed by atoms with Crippen molar-refractivity contribution in [3.05, 3.63) is 64.1 Å². The standard InChI is InChI=1S/C21H23Cl2N3O2/c22-16-8-9-18(17(23)13-16)25-21(28)19-7-4-12-26(19)14-20(27)24-11-10-15-5-2-1-3-6-15/h1-3,5-6,8-9,13,19H,4,7,10-12,14H2,(H,24,27)(H,25,28). The first kappa shape index (κ1) is 20.6. The minimum absolute atomic E-state index is 0.0693. The number of anilines is 1. The number of rotatable bonds is 7. The second-order valence-electron chi connectivity index (χ2n) is 6.83. The van der Waals surface area contributed by atoms with Crippen LogP contribution in [0.1, 0.15) is 18.4 Å². The summed E-state index contributed by atoms with van der Waals surface area (Å²) < 4.78 is 0. The summed E-state index contributed by atoms with van der Waals surface area (Å²) in [6.07, 6.45) is 2.38. The number of amides is 2. The highest BCUT2D eigenvalue weighted by Gasteiger charge is 2.32. The molecule has 2 N–H and O–H groups in total. The molecule has 0 spiro atoms. The van der Waals surface area contributed by atoms with Crippen LogP contribution in [0.2, 0.25) is 10.0 Å². The maximum Gasteiger partial charge on any atom is 0.241 e. The number of hydrogen-bond donors (Lipinski definition) is 2. The summed E-state index contributed by atoms with van der Waals surface area (Å²) in [5, 5.41) is 6.68. The molecule has 7 heteroatoms. The average molecular weight is 420 g/mol. The first-order chi connectivity index (χ1) is 13.5. The van der Waals surface area contributed by atoms with Gasteiger partial charge in [0.2, 0.25) is 11.8 Å². The largest absolute Gasteiger partial charge is 0.355 e. The van der Waals surface area contributed by atoms with Crippen LogP contribution < -0.4 is 10.6 Å². The van der Waals surface area contributed by atoms with Gasteiger partial charge in [-0.25, -0.2) is 0 Å². The first-order valence-electron chi connectivity index (χ1n) is 9.33. The van der Waals surface area contributed by atoms with Crippen LogP contribution in [-0.2, 0) is 16.0 Å². The van der Waals surface area contributed by atoms with Crippen molar-refractivity contribution in [1.29, 1.82) is 0 Å². The highest BCUT2D eigenvalue weighted by atomic mass is 35.5. The molecule has 1 heterocycles. The van der Waals surface area contributed by atoms with Gasteiger partial charge < -0.3 is 10.6 Å². The smallest absolute Gasteiger partial charge is 0.241 e. The Balaban J connectivity index is 1.49. The molecule has 1 unspecified atom stereocenters. The van der Waals surface area contributed by atoms with Crippen molar-refractivity contribution < 1.29 is 9.59 Å². The third-order valence-corrected chi connectivity index (χ3v) is 5.33. The molecule has 3 rings (SSSR count). The van der Waals surface area contributed by atoms with Crippen LogP contribution in [0.15, 0.2) is 48.5 Å². The molecular formula is C21H23Cl2N3O2. The van der Waals surface area contributed by atoms with Crippen LogP contribution in [0, 0.1) is 0 Å². The Labute approximate surface area is 175 Å². The molecule has 2 aromatic rings. The van der Waals surface area contributed by atoms with Gasteiger partial charge in [0.15, 0.2) is 0 Å². The molecule has 0 radical (unpaired) electrons. The number of carbonyl (C=O) groups is 2. The molecule has 1 aliphatic rings. The van der Waals surface area contributed by atoms with Gasteiger partial charge in [-0.1, -0.05) is 53.5 Å². The Morgan fingerprint density at radius 2 is 1.89 bits per heavy atom. The summed E-state index contributed by atoms with van der Waals surface area (Å²) in [5.74, 6) is -0.223. The van der Waals surface area contributed by atoms with E-state index in [4.69, 9.17) is 23.2 Å². The van der Waals surface area contributed by atoms with E-state index in [-0.39, 0.29) is 24.4 Å². The maximum atomic E-state index is 12.7. The number of carbonyl (C=O) groups excluding carboxylic acids is 2. The van der Waals surface area contributed by atoms with Gasteiger partial charge in [-0.05, 0) is 49.6 Å². The van der Waals surface area contributed by atoms with Crippen LogP contribution in [0.3, 0.4) is 0 Å². The van der Waals surface area contributed by atoms with E-state index in [1.54, 1.807) is 18.2 Å². The second-order valence-corrected chi connectivity index (χ2v) is 7.67. The van der Waals surface area contributed by atoms with Gasteiger partial charge >= 0.3 is 0 Å². The minimum Gasteiger partial charge on any atom is -0.355 e. The zero-order chi connectivity index (χ0) is 19.9. The number of nitrogens with one attached hydrogen (secondary N) is 2. The molecule has 1 fully saturated rings. The van der Waals surface area contributed by atoms with Crippen LogP contribution in [0.4, 0.5) is 5.69 Å². The van der Waals surface area contributed by atoms with Crippen molar-refractivity contribution in [2.75, 3.05) is 25.0 Å². The van der Waals surface area contributed by atoms with Gasteiger partial charge in [0.05, 0.1) is 23.3 Å². The molecule has 0 aromatic heterocycles. The van der Waals surface area contributed by atoms with Gasteiger partial charge in [0.1, 0.15) is 0 Å². The lowest BCUT2D eigenvalue weighted by Gasteiger charge is -2.23. The lowest BCUT2D eigenvalue weighted by atomic mass is 10.1. The average Bonchev–Trinajstić information content (AvgIpc) is 3.13. The van der Waals surface area contributed by atoms with Gasteiger partial charge in [-0.15, -0.1) is 0 Å². The Bertz CT molecular complexity index is 830. The van der Waals surface area contributed by atoms with Crippen molar-refractivity contribution >= 4 is 40.7 Å². The number of likely N-dealkylation sites (tertiary alicyclic amines) is 1. The number of nitrogens with zero attached hydrogens (tertiary/aromatic N) is 1. The molecule has 0 saturated carbocycles. The normalized spacial score (nSPS) is 16.7. The fourth-order valence-electron chi connectivity index (χ4n) is 3.35. The predicted molar refractivity (Wildman–Crippen MR) is 113 cm³/mol. The molecule has 0 aliphatic carbocycles. The maximum absolute atomic E-state index is 12.7.